The first-order valence-corrected chi connectivity index (χ1v) is 3.12. The second kappa shape index (κ2) is 1.87. The van der Waals surface area contributed by atoms with Crippen molar-refractivity contribution in [1.82, 2.24) is 0 Å². The van der Waals surface area contributed by atoms with Gasteiger partial charge in [-0.15, -0.1) is 0 Å². The van der Waals surface area contributed by atoms with Gasteiger partial charge in [-0.3, -0.25) is 9.47 Å². The third-order valence-electron chi connectivity index (χ3n) is 1.30. The molecule has 4 nitrogen and oxygen atoms in total. The second-order valence-corrected chi connectivity index (χ2v) is 2.15. The van der Waals surface area contributed by atoms with Crippen molar-refractivity contribution in [2.24, 2.45) is 0 Å². The molecule has 0 saturated carbocycles. The molecule has 0 radical (unpaired) electrons. The van der Waals surface area contributed by atoms with E-state index in [4.69, 9.17) is 18.9 Å². The van der Waals surface area contributed by atoms with E-state index < -0.39 is 6.16 Å². The third-order valence-corrected chi connectivity index (χ3v) is 1.30. The first kappa shape index (κ1) is 6.00. The molecule has 0 N–H and O–H groups in total. The van der Waals surface area contributed by atoms with Crippen LogP contribution < -0.4 is 0 Å². The van der Waals surface area contributed by atoms with Gasteiger partial charge in [0.2, 0.25) is 0 Å². The van der Waals surface area contributed by atoms with Crippen LogP contribution in [0.25, 0.3) is 0 Å². The zero-order valence-corrected chi connectivity index (χ0v) is 5.62. The maximum absolute atomic E-state index is 5.10. The average molecular weight is 144 g/mol. The summed E-state index contributed by atoms with van der Waals surface area (Å²) in [5.74, 6) is 0.668. The number of hydrogen-bond donors (Lipinski definition) is 0. The summed E-state index contributed by atoms with van der Waals surface area (Å²) in [6.45, 7) is 2.81. The molecule has 2 rings (SSSR count). The molecule has 2 aliphatic rings. The molecule has 0 aromatic heterocycles. The normalized spacial score (nSPS) is 27.9. The Hall–Kier alpha value is -0.740. The summed E-state index contributed by atoms with van der Waals surface area (Å²) in [6, 6.07) is 0. The summed E-state index contributed by atoms with van der Waals surface area (Å²) in [6.07, 6.45) is 0.245. The second-order valence-electron chi connectivity index (χ2n) is 2.15. The van der Waals surface area contributed by atoms with E-state index in [2.05, 4.69) is 0 Å². The summed E-state index contributed by atoms with van der Waals surface area (Å²) in [4.78, 5) is 0. The monoisotopic (exact) mass is 144 g/mol. The Morgan fingerprint density at radius 2 is 2.10 bits per heavy atom. The Morgan fingerprint density at radius 1 is 1.40 bits per heavy atom. The van der Waals surface area contributed by atoms with Crippen LogP contribution in [0, 0.1) is 0 Å². The fourth-order valence-corrected chi connectivity index (χ4v) is 0.902. The maximum atomic E-state index is 5.10. The predicted octanol–water partition coefficient (Wildman–Crippen LogP) is 0.553. The molecule has 2 heterocycles. The molecule has 1 saturated heterocycles. The molecular weight excluding hydrogens is 136 g/mol. The van der Waals surface area contributed by atoms with Crippen LogP contribution in [-0.4, -0.2) is 19.4 Å². The lowest BCUT2D eigenvalue weighted by molar-refractivity contribution is -0.416. The molecule has 0 aromatic carbocycles. The van der Waals surface area contributed by atoms with Crippen molar-refractivity contribution in [2.75, 3.05) is 13.2 Å². The molecule has 1 spiro atoms. The van der Waals surface area contributed by atoms with E-state index in [1.165, 1.54) is 6.26 Å². The quantitative estimate of drug-likeness (QED) is 0.497. The summed E-state index contributed by atoms with van der Waals surface area (Å²) >= 11 is 0. The fourth-order valence-electron chi connectivity index (χ4n) is 0.902. The highest BCUT2D eigenvalue weighted by Gasteiger charge is 2.45. The molecular formula is C6H8O4. The Morgan fingerprint density at radius 3 is 2.60 bits per heavy atom. The van der Waals surface area contributed by atoms with Crippen LogP contribution in [0.5, 0.6) is 0 Å². The number of allylic oxidation sites excluding steroid dienone is 1. The number of rotatable bonds is 0. The van der Waals surface area contributed by atoms with Gasteiger partial charge in [0.05, 0.1) is 13.2 Å². The van der Waals surface area contributed by atoms with Crippen molar-refractivity contribution < 1.29 is 18.9 Å². The largest absolute Gasteiger partial charge is 0.509 e. The van der Waals surface area contributed by atoms with Crippen LogP contribution in [0.3, 0.4) is 0 Å². The van der Waals surface area contributed by atoms with E-state index in [-0.39, 0.29) is 0 Å². The van der Waals surface area contributed by atoms with Crippen molar-refractivity contribution in [2.45, 2.75) is 13.1 Å². The van der Waals surface area contributed by atoms with Gasteiger partial charge in [0.15, 0.2) is 0 Å². The first-order valence-electron chi connectivity index (χ1n) is 3.12. The maximum Gasteiger partial charge on any atom is 0.509 e. The van der Waals surface area contributed by atoms with Crippen LogP contribution in [0.4, 0.5) is 0 Å². The van der Waals surface area contributed by atoms with Gasteiger partial charge in [-0.2, -0.15) is 0 Å². The van der Waals surface area contributed by atoms with Crippen LogP contribution >= 0.6 is 0 Å². The molecule has 56 valence electrons. The standard InChI is InChI=1S/C6H8O4/c1-5-4-9-6(10-5)7-2-3-8-6/h4H,2-3H2,1H3. The number of ether oxygens (including phenoxy) is 4. The van der Waals surface area contributed by atoms with Crippen LogP contribution in [-0.2, 0) is 18.9 Å². The Labute approximate surface area is 58.3 Å². The molecule has 2 aliphatic heterocycles. The minimum absolute atomic E-state index is 0.515. The highest BCUT2D eigenvalue weighted by Crippen LogP contribution is 2.30. The highest BCUT2D eigenvalue weighted by atomic mass is 17.0. The van der Waals surface area contributed by atoms with Gasteiger partial charge in [-0.05, 0) is 6.92 Å². The molecule has 0 aliphatic carbocycles. The molecule has 1 fully saturated rings. The topological polar surface area (TPSA) is 36.9 Å². The van der Waals surface area contributed by atoms with E-state index in [0.717, 1.165) is 0 Å². The van der Waals surface area contributed by atoms with Gasteiger partial charge in [0.1, 0.15) is 12.0 Å². The van der Waals surface area contributed by atoms with Crippen molar-refractivity contribution in [3.8, 4) is 0 Å². The third kappa shape index (κ3) is 0.767. The van der Waals surface area contributed by atoms with E-state index in [1.807, 2.05) is 0 Å². The van der Waals surface area contributed by atoms with Gasteiger partial charge < -0.3 is 9.47 Å². The van der Waals surface area contributed by atoms with Crippen molar-refractivity contribution in [3.05, 3.63) is 12.0 Å². The summed E-state index contributed by atoms with van der Waals surface area (Å²) in [5, 5.41) is 0. The van der Waals surface area contributed by atoms with Crippen LogP contribution in [0.15, 0.2) is 12.0 Å². The average Bonchev–Trinajstić information content (AvgIpc) is 2.46. The lowest BCUT2D eigenvalue weighted by Crippen LogP contribution is -2.30. The zero-order valence-electron chi connectivity index (χ0n) is 5.62. The van der Waals surface area contributed by atoms with Gasteiger partial charge in [-0.1, -0.05) is 0 Å². The van der Waals surface area contributed by atoms with Gasteiger partial charge >= 0.3 is 6.16 Å². The molecule has 0 aromatic rings. The lowest BCUT2D eigenvalue weighted by Gasteiger charge is -2.18. The smallest absolute Gasteiger partial charge is 0.411 e. The molecule has 0 unspecified atom stereocenters. The van der Waals surface area contributed by atoms with E-state index in [0.29, 0.717) is 19.0 Å². The Kier molecular flexibility index (Phi) is 1.12. The van der Waals surface area contributed by atoms with Crippen LogP contribution in [0.2, 0.25) is 0 Å². The predicted molar refractivity (Wildman–Crippen MR) is 30.6 cm³/mol. The summed E-state index contributed by atoms with van der Waals surface area (Å²) in [5.41, 5.74) is 0. The van der Waals surface area contributed by atoms with Crippen molar-refractivity contribution in [3.63, 3.8) is 0 Å². The molecule has 4 heteroatoms. The minimum Gasteiger partial charge on any atom is -0.411 e. The van der Waals surface area contributed by atoms with Gasteiger partial charge in [0, 0.05) is 0 Å². The molecule has 10 heavy (non-hydrogen) atoms. The Balaban J connectivity index is 2.07. The summed E-state index contributed by atoms with van der Waals surface area (Å²) < 4.78 is 20.2. The molecule has 0 atom stereocenters. The Bertz CT molecular complexity index is 169. The zero-order chi connectivity index (χ0) is 7.03. The van der Waals surface area contributed by atoms with E-state index in [9.17, 15) is 0 Å². The first-order chi connectivity index (χ1) is 4.81. The SMILES string of the molecule is CC1=COC2(OCCO2)O1. The van der Waals surface area contributed by atoms with Crippen molar-refractivity contribution >= 4 is 0 Å². The van der Waals surface area contributed by atoms with Crippen molar-refractivity contribution in [1.29, 1.82) is 0 Å². The van der Waals surface area contributed by atoms with Gasteiger partial charge in [0.25, 0.3) is 0 Å². The highest BCUT2D eigenvalue weighted by molar-refractivity contribution is 4.88. The summed E-state index contributed by atoms with van der Waals surface area (Å²) in [7, 11) is 0. The van der Waals surface area contributed by atoms with E-state index >= 15 is 0 Å². The minimum atomic E-state index is -1.23. The molecule has 0 amide bonds. The van der Waals surface area contributed by atoms with Crippen LogP contribution in [0.1, 0.15) is 6.92 Å². The lowest BCUT2D eigenvalue weighted by atomic mass is 10.7. The fraction of sp³-hybridized carbons (Fsp3) is 0.667. The molecule has 0 bridgehead atoms. The van der Waals surface area contributed by atoms with E-state index in [1.54, 1.807) is 6.92 Å². The van der Waals surface area contributed by atoms with Gasteiger partial charge in [-0.25, -0.2) is 0 Å². The number of hydrogen-bond acceptors (Lipinski definition) is 4.